The molecule has 4 rings (SSSR count). The lowest BCUT2D eigenvalue weighted by Gasteiger charge is -2.60. The second-order valence-electron chi connectivity index (χ2n) is 12.1. The maximum atomic E-state index is 14.0. The molecule has 31 heavy (non-hydrogen) atoms. The van der Waals surface area contributed by atoms with Crippen LogP contribution in [-0.2, 0) is 4.74 Å². The Labute approximate surface area is 186 Å². The number of allylic oxidation sites excluding steroid dienone is 1. The van der Waals surface area contributed by atoms with E-state index in [2.05, 4.69) is 19.9 Å². The molecule has 9 unspecified atom stereocenters. The van der Waals surface area contributed by atoms with Gasteiger partial charge in [0.1, 0.15) is 6.61 Å². The summed E-state index contributed by atoms with van der Waals surface area (Å²) in [4.78, 5) is 0. The number of ether oxygens (including phenoxy) is 1. The van der Waals surface area contributed by atoms with E-state index in [1.54, 1.807) is 7.11 Å². The van der Waals surface area contributed by atoms with Gasteiger partial charge in [-0.3, -0.25) is 0 Å². The molecule has 5 heteroatoms. The number of aliphatic hydroxyl groups is 2. The van der Waals surface area contributed by atoms with Crippen LogP contribution >= 0.6 is 0 Å². The molecule has 3 saturated carbocycles. The van der Waals surface area contributed by atoms with Crippen molar-refractivity contribution in [2.45, 2.75) is 96.7 Å². The second-order valence-corrected chi connectivity index (χ2v) is 12.1. The van der Waals surface area contributed by atoms with Gasteiger partial charge >= 0.3 is 0 Å². The topological polar surface area (TPSA) is 49.7 Å². The van der Waals surface area contributed by atoms with Crippen molar-refractivity contribution in [2.75, 3.05) is 13.7 Å². The summed E-state index contributed by atoms with van der Waals surface area (Å²) in [6.45, 7) is 7.57. The second kappa shape index (κ2) is 7.77. The summed E-state index contributed by atoms with van der Waals surface area (Å²) in [5.41, 5.74) is 0.748. The van der Waals surface area contributed by atoms with Crippen molar-refractivity contribution in [3.8, 4) is 0 Å². The fourth-order valence-electron chi connectivity index (χ4n) is 8.81. The maximum absolute atomic E-state index is 14.0. The smallest absolute Gasteiger partial charge is 0.270 e. The van der Waals surface area contributed by atoms with Crippen molar-refractivity contribution in [1.29, 1.82) is 0 Å². The monoisotopic (exact) mass is 440 g/mol. The van der Waals surface area contributed by atoms with E-state index in [-0.39, 0.29) is 29.3 Å². The Hall–Kier alpha value is -0.520. The lowest BCUT2D eigenvalue weighted by Crippen LogP contribution is -2.56. The van der Waals surface area contributed by atoms with E-state index in [0.29, 0.717) is 30.1 Å². The van der Waals surface area contributed by atoms with E-state index in [1.807, 2.05) is 13.8 Å². The zero-order chi connectivity index (χ0) is 22.8. The molecule has 0 aromatic carbocycles. The van der Waals surface area contributed by atoms with E-state index >= 15 is 0 Å². The fourth-order valence-corrected chi connectivity index (χ4v) is 8.81. The van der Waals surface area contributed by atoms with Crippen LogP contribution in [0.1, 0.15) is 79.1 Å². The molecule has 2 N–H and O–H groups in total. The predicted molar refractivity (Wildman–Crippen MR) is 118 cm³/mol. The molecule has 0 saturated heterocycles. The normalized spacial score (nSPS) is 48.4. The first-order valence-corrected chi connectivity index (χ1v) is 12.3. The summed E-state index contributed by atoms with van der Waals surface area (Å²) in [5.74, 6) is -1.03. The summed E-state index contributed by atoms with van der Waals surface area (Å²) in [5, 5.41) is 20.0. The fraction of sp³-hybridized carbons (Fsp3) is 0.923. The van der Waals surface area contributed by atoms with Crippen molar-refractivity contribution < 1.29 is 23.7 Å². The van der Waals surface area contributed by atoms with Crippen LogP contribution in [-0.4, -0.2) is 41.6 Å². The third-order valence-electron chi connectivity index (χ3n) is 10.4. The highest BCUT2D eigenvalue weighted by Crippen LogP contribution is 2.68. The minimum Gasteiger partial charge on any atom is -0.390 e. The quantitative estimate of drug-likeness (QED) is 0.548. The number of alkyl halides is 2. The summed E-state index contributed by atoms with van der Waals surface area (Å²) in [7, 11) is 1.71. The van der Waals surface area contributed by atoms with Gasteiger partial charge in [-0.2, -0.15) is 0 Å². The number of aliphatic hydroxyl groups excluding tert-OH is 1. The Balaban J connectivity index is 1.58. The first kappa shape index (κ1) is 23.6. The molecule has 0 aliphatic heterocycles. The minimum absolute atomic E-state index is 0.0563. The van der Waals surface area contributed by atoms with Crippen LogP contribution in [0.25, 0.3) is 0 Å². The van der Waals surface area contributed by atoms with Crippen LogP contribution in [0.3, 0.4) is 0 Å². The lowest BCUT2D eigenvalue weighted by atomic mass is 9.46. The third-order valence-corrected chi connectivity index (χ3v) is 10.4. The number of hydrogen-bond donors (Lipinski definition) is 2. The van der Waals surface area contributed by atoms with Gasteiger partial charge < -0.3 is 14.9 Å². The molecule has 3 fully saturated rings. The standard InChI is InChI=1S/C26H42F2O3/c1-16(12-26(27,28)15-29)19-8-9-20-18-7-6-17-13-25(4,30)22(31-5)14-24(17,3)21(18)10-11-23(19,20)2/h6,16,18-22,29-30H,7-15H2,1-5H3. The summed E-state index contributed by atoms with van der Waals surface area (Å²) < 4.78 is 33.6. The SMILES string of the molecule is COC1CC2(C)C(=CCC3C2CCC2(C)C(C(C)CC(F)(F)CO)CCC32)CC1(C)O. The predicted octanol–water partition coefficient (Wildman–Crippen LogP) is 5.60. The molecule has 3 nitrogen and oxygen atoms in total. The molecule has 0 bridgehead atoms. The van der Waals surface area contributed by atoms with Gasteiger partial charge in [-0.1, -0.05) is 32.4 Å². The first-order chi connectivity index (χ1) is 14.4. The van der Waals surface area contributed by atoms with Crippen LogP contribution in [0.2, 0.25) is 0 Å². The largest absolute Gasteiger partial charge is 0.390 e. The molecule has 0 radical (unpaired) electrons. The van der Waals surface area contributed by atoms with Crippen molar-refractivity contribution in [2.24, 2.45) is 40.4 Å². The van der Waals surface area contributed by atoms with Gasteiger partial charge in [0.15, 0.2) is 0 Å². The van der Waals surface area contributed by atoms with Gasteiger partial charge in [-0.05, 0) is 92.3 Å². The van der Waals surface area contributed by atoms with Crippen LogP contribution in [0.4, 0.5) is 8.78 Å². The van der Waals surface area contributed by atoms with Crippen molar-refractivity contribution >= 4 is 0 Å². The third kappa shape index (κ3) is 3.71. The Morgan fingerprint density at radius 1 is 1.19 bits per heavy atom. The zero-order valence-electron chi connectivity index (χ0n) is 20.0. The van der Waals surface area contributed by atoms with E-state index < -0.39 is 18.1 Å². The van der Waals surface area contributed by atoms with E-state index in [0.717, 1.165) is 38.5 Å². The van der Waals surface area contributed by atoms with E-state index in [9.17, 15) is 13.9 Å². The van der Waals surface area contributed by atoms with Gasteiger partial charge in [0.25, 0.3) is 5.92 Å². The van der Waals surface area contributed by atoms with E-state index in [1.165, 1.54) is 5.57 Å². The average molecular weight is 441 g/mol. The summed E-state index contributed by atoms with van der Waals surface area (Å²) in [6.07, 6.45) is 9.01. The highest BCUT2D eigenvalue weighted by molar-refractivity contribution is 5.28. The Morgan fingerprint density at radius 3 is 2.55 bits per heavy atom. The molecule has 0 aromatic heterocycles. The molecule has 0 spiro atoms. The molecular weight excluding hydrogens is 398 g/mol. The van der Waals surface area contributed by atoms with Gasteiger partial charge in [-0.15, -0.1) is 0 Å². The molecule has 4 aliphatic carbocycles. The van der Waals surface area contributed by atoms with Gasteiger partial charge in [0.2, 0.25) is 0 Å². The highest BCUT2D eigenvalue weighted by Gasteiger charge is 2.61. The molecule has 178 valence electrons. The number of hydrogen-bond acceptors (Lipinski definition) is 3. The number of rotatable bonds is 5. The Bertz CT molecular complexity index is 719. The van der Waals surface area contributed by atoms with Crippen molar-refractivity contribution in [3.63, 3.8) is 0 Å². The highest BCUT2D eigenvalue weighted by atomic mass is 19.3. The first-order valence-electron chi connectivity index (χ1n) is 12.3. The van der Waals surface area contributed by atoms with Gasteiger partial charge in [0, 0.05) is 13.5 Å². The van der Waals surface area contributed by atoms with E-state index in [4.69, 9.17) is 9.84 Å². The van der Waals surface area contributed by atoms with Crippen molar-refractivity contribution in [3.05, 3.63) is 11.6 Å². The number of fused-ring (bicyclic) bond motifs is 5. The van der Waals surface area contributed by atoms with Crippen LogP contribution in [0.15, 0.2) is 11.6 Å². The molecule has 0 heterocycles. The molecule has 9 atom stereocenters. The van der Waals surface area contributed by atoms with Crippen LogP contribution in [0.5, 0.6) is 0 Å². The lowest BCUT2D eigenvalue weighted by molar-refractivity contribution is -0.140. The maximum Gasteiger partial charge on any atom is 0.270 e. The zero-order valence-corrected chi connectivity index (χ0v) is 20.0. The summed E-state index contributed by atoms with van der Waals surface area (Å²) >= 11 is 0. The Morgan fingerprint density at radius 2 is 1.90 bits per heavy atom. The molecule has 0 aromatic rings. The molecular formula is C26H42F2O3. The number of methoxy groups -OCH3 is 1. The molecule has 4 aliphatic rings. The minimum atomic E-state index is -2.98. The summed E-state index contributed by atoms with van der Waals surface area (Å²) in [6, 6.07) is 0. The van der Waals surface area contributed by atoms with Crippen LogP contribution < -0.4 is 0 Å². The van der Waals surface area contributed by atoms with Gasteiger partial charge in [0.05, 0.1) is 11.7 Å². The molecule has 0 amide bonds. The Kier molecular flexibility index (Phi) is 5.92. The van der Waals surface area contributed by atoms with Gasteiger partial charge in [-0.25, -0.2) is 8.78 Å². The van der Waals surface area contributed by atoms with Crippen molar-refractivity contribution in [1.82, 2.24) is 0 Å². The number of halogens is 2. The van der Waals surface area contributed by atoms with Crippen LogP contribution in [0, 0.1) is 40.4 Å². The average Bonchev–Trinajstić information content (AvgIpc) is 3.05.